The molecule has 0 spiro atoms. The molecule has 3 rings (SSSR count). The second kappa shape index (κ2) is 10.3. The first kappa shape index (κ1) is 21.2. The predicted molar refractivity (Wildman–Crippen MR) is 111 cm³/mol. The lowest BCUT2D eigenvalue weighted by Gasteiger charge is -2.20. The fourth-order valence-electron chi connectivity index (χ4n) is 3.16. The van der Waals surface area contributed by atoms with Gasteiger partial charge in [0, 0.05) is 12.6 Å². The van der Waals surface area contributed by atoms with Gasteiger partial charge in [-0.3, -0.25) is 15.0 Å². The number of benzene rings is 1. The summed E-state index contributed by atoms with van der Waals surface area (Å²) in [5.74, 6) is -1.33. The van der Waals surface area contributed by atoms with Crippen molar-refractivity contribution >= 4 is 35.0 Å². The number of hydrogen-bond acceptors (Lipinski definition) is 7. The van der Waals surface area contributed by atoms with Crippen molar-refractivity contribution in [1.29, 1.82) is 0 Å². The fraction of sp³-hybridized carbons (Fsp3) is 0.400. The van der Waals surface area contributed by atoms with Crippen LogP contribution in [-0.4, -0.2) is 48.4 Å². The molecule has 0 saturated carbocycles. The zero-order valence-electron chi connectivity index (χ0n) is 16.2. The van der Waals surface area contributed by atoms with E-state index >= 15 is 0 Å². The van der Waals surface area contributed by atoms with Gasteiger partial charge in [0.25, 0.3) is 5.91 Å². The van der Waals surface area contributed by atoms with E-state index in [9.17, 15) is 14.0 Å². The Bertz CT molecular complexity index is 861. The van der Waals surface area contributed by atoms with Crippen LogP contribution in [0.1, 0.15) is 36.8 Å². The van der Waals surface area contributed by atoms with E-state index in [0.29, 0.717) is 6.54 Å². The Kier molecular flexibility index (Phi) is 7.54. The van der Waals surface area contributed by atoms with Crippen molar-refractivity contribution in [2.75, 3.05) is 20.2 Å². The fourth-order valence-corrected chi connectivity index (χ4v) is 3.90. The molecule has 0 unspecified atom stereocenters. The van der Waals surface area contributed by atoms with E-state index in [1.54, 1.807) is 12.3 Å². The molecule has 2 fully saturated rings. The van der Waals surface area contributed by atoms with Gasteiger partial charge in [0.05, 0.1) is 18.2 Å². The van der Waals surface area contributed by atoms with Crippen LogP contribution in [0, 0.1) is 5.82 Å². The molecule has 0 aromatic heterocycles. The van der Waals surface area contributed by atoms with Gasteiger partial charge in [0.1, 0.15) is 5.82 Å². The van der Waals surface area contributed by atoms with E-state index in [1.807, 2.05) is 0 Å². The lowest BCUT2D eigenvalue weighted by Crippen LogP contribution is -2.24. The number of halogens is 1. The lowest BCUT2D eigenvalue weighted by atomic mass is 10.1. The molecule has 0 radical (unpaired) electrons. The molecule has 1 aromatic carbocycles. The lowest BCUT2D eigenvalue weighted by molar-refractivity contribution is -0.135. The zero-order valence-corrected chi connectivity index (χ0v) is 17.0. The molecule has 1 N–H and O–H groups in total. The van der Waals surface area contributed by atoms with Crippen LogP contribution in [0.4, 0.5) is 4.39 Å². The van der Waals surface area contributed by atoms with Gasteiger partial charge in [-0.1, -0.05) is 18.9 Å². The second-order valence-corrected chi connectivity index (χ2v) is 7.80. The van der Waals surface area contributed by atoms with Crippen LogP contribution in [0.2, 0.25) is 0 Å². The molecule has 154 valence electrons. The number of ether oxygens (including phenoxy) is 1. The van der Waals surface area contributed by atoms with Crippen molar-refractivity contribution < 1.29 is 18.7 Å². The smallest absolute Gasteiger partial charge is 0.331 e. The molecular formula is C20H23FN4O3S. The Balaban J connectivity index is 1.70. The summed E-state index contributed by atoms with van der Waals surface area (Å²) in [6, 6.07) is 4.60. The van der Waals surface area contributed by atoms with E-state index < -0.39 is 11.9 Å². The second-order valence-electron chi connectivity index (χ2n) is 6.77. The molecule has 0 bridgehead atoms. The van der Waals surface area contributed by atoms with Crippen molar-refractivity contribution in [2.45, 2.75) is 32.2 Å². The third kappa shape index (κ3) is 6.23. The van der Waals surface area contributed by atoms with Crippen molar-refractivity contribution in [3.05, 3.63) is 46.1 Å². The Hall–Kier alpha value is -2.52. The van der Waals surface area contributed by atoms with Gasteiger partial charge < -0.3 is 4.74 Å². The third-order valence-electron chi connectivity index (χ3n) is 4.64. The normalized spacial score (nSPS) is 21.0. The minimum atomic E-state index is -0.614. The van der Waals surface area contributed by atoms with Crippen LogP contribution < -0.4 is 5.32 Å². The van der Waals surface area contributed by atoms with Gasteiger partial charge in [0.15, 0.2) is 5.17 Å². The molecular weight excluding hydrogens is 395 g/mol. The average molecular weight is 418 g/mol. The van der Waals surface area contributed by atoms with Crippen molar-refractivity contribution in [2.24, 2.45) is 10.2 Å². The molecule has 9 heteroatoms. The number of amides is 1. The molecule has 1 aromatic rings. The van der Waals surface area contributed by atoms with Crippen LogP contribution in [0.25, 0.3) is 0 Å². The van der Waals surface area contributed by atoms with Gasteiger partial charge in [-0.15, -0.1) is 5.10 Å². The number of methoxy groups -OCH3 is 1. The third-order valence-corrected chi connectivity index (χ3v) is 5.54. The Morgan fingerprint density at radius 2 is 2.07 bits per heavy atom. The van der Waals surface area contributed by atoms with Crippen LogP contribution in [0.5, 0.6) is 0 Å². The summed E-state index contributed by atoms with van der Waals surface area (Å²) in [5.41, 5.74) is 1.63. The number of carbonyl (C=O) groups is 2. The summed E-state index contributed by atoms with van der Waals surface area (Å²) in [6.45, 7) is 2.67. The first-order valence-electron chi connectivity index (χ1n) is 9.46. The first-order valence-corrected chi connectivity index (χ1v) is 10.3. The highest BCUT2D eigenvalue weighted by Crippen LogP contribution is 2.23. The Morgan fingerprint density at radius 1 is 1.31 bits per heavy atom. The summed E-state index contributed by atoms with van der Waals surface area (Å²) >= 11 is 1.00. The number of nitrogens with zero attached hydrogens (tertiary/aromatic N) is 3. The summed E-state index contributed by atoms with van der Waals surface area (Å²) in [6.07, 6.45) is 7.44. The highest BCUT2D eigenvalue weighted by atomic mass is 32.2. The number of thioether (sulfide) groups is 1. The highest BCUT2D eigenvalue weighted by Gasteiger charge is 2.25. The summed E-state index contributed by atoms with van der Waals surface area (Å²) in [5, 5.41) is 10.8. The standard InChI is InChI=1S/C20H23FN4O3S/c1-28-18(26)11-17-19(27)23-20(29-17)24-22-12-14-6-7-16(21)10-15(14)13-25-8-4-2-3-5-9-25/h6-7,10-12H,2-5,8-9,13H2,1H3,(H,23,24,27)/b17-11+,22-12?. The van der Waals surface area contributed by atoms with E-state index in [-0.39, 0.29) is 15.9 Å². The monoisotopic (exact) mass is 418 g/mol. The Morgan fingerprint density at radius 3 is 2.79 bits per heavy atom. The maximum Gasteiger partial charge on any atom is 0.331 e. The van der Waals surface area contributed by atoms with Gasteiger partial charge in [-0.25, -0.2) is 9.18 Å². The first-order chi connectivity index (χ1) is 14.0. The number of amidine groups is 1. The van der Waals surface area contributed by atoms with Crippen molar-refractivity contribution in [3.8, 4) is 0 Å². The molecule has 2 aliphatic rings. The maximum atomic E-state index is 13.8. The Labute approximate surface area is 173 Å². The van der Waals surface area contributed by atoms with E-state index in [2.05, 4.69) is 25.2 Å². The summed E-state index contributed by atoms with van der Waals surface area (Å²) < 4.78 is 18.3. The van der Waals surface area contributed by atoms with Gasteiger partial charge >= 0.3 is 5.97 Å². The molecule has 2 aliphatic heterocycles. The topological polar surface area (TPSA) is 83.4 Å². The van der Waals surface area contributed by atoms with Gasteiger partial charge in [-0.05, 0) is 61.0 Å². The largest absolute Gasteiger partial charge is 0.466 e. The van der Waals surface area contributed by atoms with Gasteiger partial charge in [0.2, 0.25) is 0 Å². The molecule has 29 heavy (non-hydrogen) atoms. The highest BCUT2D eigenvalue weighted by molar-refractivity contribution is 8.18. The molecule has 0 aliphatic carbocycles. The minimum absolute atomic E-state index is 0.189. The van der Waals surface area contributed by atoms with Gasteiger partial charge in [-0.2, -0.15) is 5.10 Å². The van der Waals surface area contributed by atoms with E-state index in [0.717, 1.165) is 54.9 Å². The SMILES string of the molecule is COC(=O)/C=C1/S/C(=N\N=Cc2ccc(F)cc2CN2CCCCCC2)NC1=O. The molecule has 2 heterocycles. The molecule has 2 saturated heterocycles. The van der Waals surface area contributed by atoms with Crippen LogP contribution in [0.15, 0.2) is 39.4 Å². The average Bonchev–Trinajstić information content (AvgIpc) is 2.88. The van der Waals surface area contributed by atoms with Crippen LogP contribution in [-0.2, 0) is 20.9 Å². The summed E-state index contributed by atoms with van der Waals surface area (Å²) in [7, 11) is 1.24. The van der Waals surface area contributed by atoms with E-state index in [1.165, 1.54) is 32.1 Å². The number of nitrogens with one attached hydrogen (secondary N) is 1. The van der Waals surface area contributed by atoms with E-state index in [4.69, 9.17) is 0 Å². The molecule has 1 amide bonds. The van der Waals surface area contributed by atoms with Crippen molar-refractivity contribution in [1.82, 2.24) is 10.2 Å². The predicted octanol–water partition coefficient (Wildman–Crippen LogP) is 2.81. The number of esters is 1. The number of carbonyl (C=O) groups excluding carboxylic acids is 2. The minimum Gasteiger partial charge on any atom is -0.466 e. The molecule has 0 atom stereocenters. The number of rotatable bonds is 5. The van der Waals surface area contributed by atoms with Crippen LogP contribution >= 0.6 is 11.8 Å². The van der Waals surface area contributed by atoms with Crippen molar-refractivity contribution in [3.63, 3.8) is 0 Å². The zero-order chi connectivity index (χ0) is 20.6. The summed E-state index contributed by atoms with van der Waals surface area (Å²) in [4.78, 5) is 25.6. The molecule has 7 nitrogen and oxygen atoms in total. The number of hydrogen-bond donors (Lipinski definition) is 1. The maximum absolute atomic E-state index is 13.8. The quantitative estimate of drug-likeness (QED) is 0.344. The number of likely N-dealkylation sites (tertiary alicyclic amines) is 1. The van der Waals surface area contributed by atoms with Crippen LogP contribution in [0.3, 0.4) is 0 Å².